The lowest BCUT2D eigenvalue weighted by Crippen LogP contribution is -2.29. The van der Waals surface area contributed by atoms with Gasteiger partial charge in [0, 0.05) is 44.1 Å². The van der Waals surface area contributed by atoms with Gasteiger partial charge in [0.2, 0.25) is 0 Å². The molecule has 5 rings (SSSR count). The molecule has 1 aromatic carbocycles. The summed E-state index contributed by atoms with van der Waals surface area (Å²) in [6, 6.07) is 5.91. The molecule has 0 unspecified atom stereocenters. The van der Waals surface area contributed by atoms with Gasteiger partial charge in [-0.2, -0.15) is 5.10 Å². The van der Waals surface area contributed by atoms with E-state index < -0.39 is 12.5 Å². The number of hydrogen-bond acceptors (Lipinski definition) is 5. The predicted octanol–water partition coefficient (Wildman–Crippen LogP) is 4.87. The van der Waals surface area contributed by atoms with Crippen LogP contribution in [0.3, 0.4) is 0 Å². The first-order chi connectivity index (χ1) is 17.2. The van der Waals surface area contributed by atoms with Crippen LogP contribution in [0, 0.1) is 13.8 Å². The molecule has 188 valence electrons. The number of fused-ring (bicyclic) bond motifs is 1. The third-order valence-electron chi connectivity index (χ3n) is 6.92. The van der Waals surface area contributed by atoms with Crippen molar-refractivity contribution in [2.75, 3.05) is 13.2 Å². The number of halogens is 2. The highest BCUT2D eigenvalue weighted by Gasteiger charge is 2.23. The third-order valence-corrected chi connectivity index (χ3v) is 6.92. The standard InChI is InChI=1S/C27H29F2N5O2/c1-17-18(2)25-23(26(35)34(16-31-25)22-6-8-36-9-7-22)11-20(17)10-19-4-5-24(30-12-19)21-13-32-33(14-21)15-27(3,28)29/h4-5,11-14,16,22H,6-10,15H2,1-3H3. The molecule has 0 N–H and O–H groups in total. The van der Waals surface area contributed by atoms with Crippen molar-refractivity contribution in [2.24, 2.45) is 0 Å². The molecule has 3 aromatic heterocycles. The fourth-order valence-corrected chi connectivity index (χ4v) is 4.81. The molecule has 1 fully saturated rings. The van der Waals surface area contributed by atoms with E-state index in [-0.39, 0.29) is 11.6 Å². The Morgan fingerprint density at radius 2 is 1.89 bits per heavy atom. The molecule has 0 radical (unpaired) electrons. The quantitative estimate of drug-likeness (QED) is 0.383. The fraction of sp³-hybridized carbons (Fsp3) is 0.407. The summed E-state index contributed by atoms with van der Waals surface area (Å²) < 4.78 is 35.0. The van der Waals surface area contributed by atoms with Crippen molar-refractivity contribution in [1.29, 1.82) is 0 Å². The van der Waals surface area contributed by atoms with Crippen LogP contribution in [0.25, 0.3) is 22.2 Å². The number of rotatable bonds is 6. The second-order valence-electron chi connectivity index (χ2n) is 9.71. The first-order valence-corrected chi connectivity index (χ1v) is 12.1. The highest BCUT2D eigenvalue weighted by atomic mass is 19.3. The van der Waals surface area contributed by atoms with Crippen molar-refractivity contribution in [2.45, 2.75) is 58.5 Å². The largest absolute Gasteiger partial charge is 0.381 e. The maximum atomic E-state index is 13.4. The van der Waals surface area contributed by atoms with Crippen molar-refractivity contribution in [3.63, 3.8) is 0 Å². The minimum atomic E-state index is -2.83. The van der Waals surface area contributed by atoms with Crippen LogP contribution in [-0.2, 0) is 17.7 Å². The van der Waals surface area contributed by atoms with Gasteiger partial charge in [-0.25, -0.2) is 13.8 Å². The Hall–Kier alpha value is -3.46. The lowest BCUT2D eigenvalue weighted by atomic mass is 9.95. The van der Waals surface area contributed by atoms with Gasteiger partial charge in [0.15, 0.2) is 0 Å². The van der Waals surface area contributed by atoms with E-state index in [1.165, 1.54) is 4.68 Å². The molecule has 36 heavy (non-hydrogen) atoms. The van der Waals surface area contributed by atoms with Gasteiger partial charge in [0.25, 0.3) is 11.5 Å². The van der Waals surface area contributed by atoms with E-state index in [0.29, 0.717) is 36.3 Å². The molecule has 0 bridgehead atoms. The van der Waals surface area contributed by atoms with Crippen molar-refractivity contribution in [3.05, 3.63) is 75.7 Å². The Balaban J connectivity index is 1.42. The normalized spacial score (nSPS) is 15.0. The number of aromatic nitrogens is 5. The van der Waals surface area contributed by atoms with Crippen LogP contribution in [0.2, 0.25) is 0 Å². The zero-order chi connectivity index (χ0) is 25.4. The molecule has 0 atom stereocenters. The van der Waals surface area contributed by atoms with Crippen LogP contribution < -0.4 is 5.56 Å². The maximum absolute atomic E-state index is 13.4. The van der Waals surface area contributed by atoms with E-state index >= 15 is 0 Å². The third kappa shape index (κ3) is 4.93. The number of hydrogen-bond donors (Lipinski definition) is 0. The average molecular weight is 494 g/mol. The Labute approximate surface area is 207 Å². The van der Waals surface area contributed by atoms with Crippen molar-refractivity contribution in [3.8, 4) is 11.3 Å². The first-order valence-electron chi connectivity index (χ1n) is 12.1. The van der Waals surface area contributed by atoms with Crippen LogP contribution in [0.4, 0.5) is 8.78 Å². The Bertz CT molecular complexity index is 1450. The van der Waals surface area contributed by atoms with Crippen LogP contribution in [0.1, 0.15) is 48.1 Å². The zero-order valence-electron chi connectivity index (χ0n) is 20.7. The topological polar surface area (TPSA) is 74.8 Å². The summed E-state index contributed by atoms with van der Waals surface area (Å²) in [4.78, 5) is 22.6. The van der Waals surface area contributed by atoms with E-state index in [4.69, 9.17) is 4.74 Å². The minimum Gasteiger partial charge on any atom is -0.381 e. The molecular formula is C27H29F2N5O2. The van der Waals surface area contributed by atoms with Crippen LogP contribution in [-0.4, -0.2) is 43.5 Å². The minimum absolute atomic E-state index is 0.0145. The Kier molecular flexibility index (Phi) is 6.42. The SMILES string of the molecule is Cc1c(Cc2ccc(-c3cnn(CC(C)(F)F)c3)nc2)cc2c(=O)n(C3CCOCC3)cnc2c1C. The smallest absolute Gasteiger partial charge is 0.264 e. The summed E-state index contributed by atoms with van der Waals surface area (Å²) in [6.07, 6.45) is 8.81. The number of alkyl halides is 2. The van der Waals surface area contributed by atoms with E-state index in [1.807, 2.05) is 25.1 Å². The molecule has 9 heteroatoms. The summed E-state index contributed by atoms with van der Waals surface area (Å²) in [6.45, 7) is 5.76. The van der Waals surface area contributed by atoms with Gasteiger partial charge in [0.1, 0.15) is 6.54 Å². The second-order valence-corrected chi connectivity index (χ2v) is 9.71. The molecule has 4 aromatic rings. The summed E-state index contributed by atoms with van der Waals surface area (Å²) in [5.41, 5.74) is 6.22. The zero-order valence-corrected chi connectivity index (χ0v) is 20.7. The van der Waals surface area contributed by atoms with Crippen molar-refractivity contribution >= 4 is 10.9 Å². The van der Waals surface area contributed by atoms with Crippen LogP contribution in [0.5, 0.6) is 0 Å². The molecular weight excluding hydrogens is 464 g/mol. The van der Waals surface area contributed by atoms with Crippen molar-refractivity contribution in [1.82, 2.24) is 24.3 Å². The average Bonchev–Trinajstić information content (AvgIpc) is 3.31. The maximum Gasteiger partial charge on any atom is 0.264 e. The number of nitrogens with zero attached hydrogens (tertiary/aromatic N) is 5. The van der Waals surface area contributed by atoms with E-state index in [0.717, 1.165) is 47.5 Å². The van der Waals surface area contributed by atoms with Gasteiger partial charge in [-0.05, 0) is 67.5 Å². The molecule has 0 spiro atoms. The summed E-state index contributed by atoms with van der Waals surface area (Å²) in [7, 11) is 0. The molecule has 1 aliphatic rings. The highest BCUT2D eigenvalue weighted by Crippen LogP contribution is 2.26. The van der Waals surface area contributed by atoms with Gasteiger partial charge in [-0.15, -0.1) is 0 Å². The van der Waals surface area contributed by atoms with Crippen LogP contribution in [0.15, 0.2) is 47.9 Å². The van der Waals surface area contributed by atoms with Gasteiger partial charge in [-0.3, -0.25) is 19.0 Å². The monoisotopic (exact) mass is 493 g/mol. The summed E-state index contributed by atoms with van der Waals surface area (Å²) >= 11 is 0. The molecule has 0 amide bonds. The van der Waals surface area contributed by atoms with Crippen molar-refractivity contribution < 1.29 is 13.5 Å². The lowest BCUT2D eigenvalue weighted by Gasteiger charge is -2.24. The first kappa shape index (κ1) is 24.2. The van der Waals surface area contributed by atoms with Gasteiger partial charge in [0.05, 0.1) is 29.1 Å². The highest BCUT2D eigenvalue weighted by molar-refractivity contribution is 5.83. The number of aryl methyl sites for hydroxylation is 1. The van der Waals surface area contributed by atoms with Gasteiger partial charge in [-0.1, -0.05) is 6.07 Å². The van der Waals surface area contributed by atoms with E-state index in [9.17, 15) is 13.6 Å². The number of pyridine rings is 1. The second kappa shape index (κ2) is 9.54. The number of benzene rings is 1. The lowest BCUT2D eigenvalue weighted by molar-refractivity contribution is 0.000601. The summed E-state index contributed by atoms with van der Waals surface area (Å²) in [5, 5.41) is 4.65. The Morgan fingerprint density at radius 1 is 1.11 bits per heavy atom. The predicted molar refractivity (Wildman–Crippen MR) is 133 cm³/mol. The fourth-order valence-electron chi connectivity index (χ4n) is 4.81. The molecule has 0 aliphatic carbocycles. The van der Waals surface area contributed by atoms with E-state index in [1.54, 1.807) is 29.5 Å². The summed E-state index contributed by atoms with van der Waals surface area (Å²) in [5.74, 6) is -2.83. The molecule has 4 heterocycles. The van der Waals surface area contributed by atoms with E-state index in [2.05, 4.69) is 22.0 Å². The molecule has 0 saturated carbocycles. The van der Waals surface area contributed by atoms with Gasteiger partial charge >= 0.3 is 0 Å². The van der Waals surface area contributed by atoms with Crippen LogP contribution >= 0.6 is 0 Å². The van der Waals surface area contributed by atoms with Gasteiger partial charge < -0.3 is 4.74 Å². The Morgan fingerprint density at radius 3 is 2.58 bits per heavy atom. The number of ether oxygens (including phenoxy) is 1. The molecule has 1 aliphatic heterocycles. The molecule has 1 saturated heterocycles. The molecule has 7 nitrogen and oxygen atoms in total.